The summed E-state index contributed by atoms with van der Waals surface area (Å²) in [7, 11) is 1.52. The predicted octanol–water partition coefficient (Wildman–Crippen LogP) is -2.62. The molecule has 1 saturated heterocycles. The number of nitrogens with two attached hydrogens (primary N) is 3. The zero-order valence-electron chi connectivity index (χ0n) is 58.0. The molecule has 2 aromatic heterocycles. The van der Waals surface area contributed by atoms with Crippen molar-refractivity contribution < 1.29 is 72.9 Å². The molecule has 1 aliphatic heterocycles. The van der Waals surface area contributed by atoms with Gasteiger partial charge in [-0.2, -0.15) is 9.78 Å². The molecule has 3 heterocycles. The number of carbonyl (C=O) groups excluding carboxylic acids is 12. The van der Waals surface area contributed by atoms with E-state index in [0.717, 1.165) is 9.58 Å². The molecule has 5 aromatic rings. The molecule has 1 aliphatic rings. The number of aliphatic hydroxyl groups excluding tert-OH is 3. The summed E-state index contributed by atoms with van der Waals surface area (Å²) in [5.41, 5.74) is 20.0. The number of hydrogen-bond acceptors (Lipinski definition) is 21. The third-order valence-corrected chi connectivity index (χ3v) is 17.3. The molecule has 0 radical (unpaired) electrons. The number of fused-ring (bicyclic) bond motifs is 1. The second-order valence-electron chi connectivity index (χ2n) is 24.8. The van der Waals surface area contributed by atoms with Crippen LogP contribution >= 0.6 is 11.8 Å². The fraction of sp³-hybridized carbons (Fsp3) is 0.449. The second kappa shape index (κ2) is 41.0. The van der Waals surface area contributed by atoms with Crippen molar-refractivity contribution in [2.75, 3.05) is 59.5 Å². The van der Waals surface area contributed by atoms with Gasteiger partial charge in [0.1, 0.15) is 48.3 Å². The van der Waals surface area contributed by atoms with E-state index in [9.17, 15) is 72.9 Å². The number of hydrogen-bond donors (Lipinski definition) is 17. The molecule has 1 fully saturated rings. The minimum Gasteiger partial charge on any atom is -0.395 e. The van der Waals surface area contributed by atoms with E-state index < -0.39 is 158 Å². The number of rotatable bonds is 27. The van der Waals surface area contributed by atoms with Crippen LogP contribution in [0.15, 0.2) is 107 Å². The highest BCUT2D eigenvalue weighted by atomic mass is 32.2. The Labute approximate surface area is 599 Å². The molecule has 6 rings (SSSR count). The van der Waals surface area contributed by atoms with Crippen LogP contribution < -0.4 is 75.7 Å². The van der Waals surface area contributed by atoms with Crippen molar-refractivity contribution in [3.8, 4) is 0 Å². The quantitative estimate of drug-likeness (QED) is 0.0256. The molecule has 0 bridgehead atoms. The molecule has 0 spiro atoms. The number of carbonyl (C=O) groups is 12. The van der Waals surface area contributed by atoms with Gasteiger partial charge in [-0.1, -0.05) is 74.1 Å². The van der Waals surface area contributed by atoms with Gasteiger partial charge in [0.15, 0.2) is 0 Å². The Hall–Kier alpha value is -10.2. The molecule has 556 valence electrons. The molecule has 0 saturated carbocycles. The summed E-state index contributed by atoms with van der Waals surface area (Å²) in [6.07, 6.45) is 0.0936. The maximum Gasteiger partial charge on any atom is 0.345 e. The van der Waals surface area contributed by atoms with Crippen LogP contribution in [-0.4, -0.2) is 226 Å². The third-order valence-electron chi connectivity index (χ3n) is 16.3. The average molecular weight is 1450 g/mol. The van der Waals surface area contributed by atoms with Gasteiger partial charge < -0.3 is 95.9 Å². The van der Waals surface area contributed by atoms with E-state index in [1.54, 1.807) is 117 Å². The van der Waals surface area contributed by atoms with Crippen LogP contribution in [0.1, 0.15) is 93.5 Å². The van der Waals surface area contributed by atoms with E-state index in [-0.39, 0.29) is 76.7 Å². The fourth-order valence-corrected chi connectivity index (χ4v) is 11.9. The van der Waals surface area contributed by atoms with E-state index >= 15 is 0 Å². The fourth-order valence-electron chi connectivity index (χ4n) is 10.9. The van der Waals surface area contributed by atoms with Gasteiger partial charge >= 0.3 is 6.03 Å². The van der Waals surface area contributed by atoms with Crippen LogP contribution in [0.2, 0.25) is 0 Å². The Morgan fingerprint density at radius 2 is 1.36 bits per heavy atom. The maximum absolute atomic E-state index is 14.6. The summed E-state index contributed by atoms with van der Waals surface area (Å²) in [6.45, 7) is 2.89. The zero-order chi connectivity index (χ0) is 75.3. The highest BCUT2D eigenvalue weighted by Gasteiger charge is 2.37. The molecule has 12 amide bonds. The minimum atomic E-state index is -1.76. The number of pyridine rings is 1. The Morgan fingerprint density at radius 3 is 1.99 bits per heavy atom. The lowest BCUT2D eigenvalue weighted by atomic mass is 10.0. The van der Waals surface area contributed by atoms with Crippen LogP contribution in [0.5, 0.6) is 0 Å². The summed E-state index contributed by atoms with van der Waals surface area (Å²) in [5.74, 6) is -9.98. The summed E-state index contributed by atoms with van der Waals surface area (Å²) >= 11 is 1.27. The summed E-state index contributed by atoms with van der Waals surface area (Å²) in [5, 5.41) is 65.0. The van der Waals surface area contributed by atoms with Gasteiger partial charge in [-0.25, -0.2) is 4.79 Å². The molecule has 0 unspecified atom stereocenters. The Bertz CT molecular complexity index is 3790. The number of aliphatic hydroxyl groups is 3. The number of nitrogens with zero attached hydrogens (tertiary/aromatic N) is 4. The SMILES string of the molecule is CNC(=O)c1ccccc1Sc1ccc2c(/C=C/c3ccccn3)nn(C(=O)N(CCO)CCC(=O)N[C@H](C(=O)N[C@@H](CCN)C(=O)N[C@H]3CCNC(=O)[C@H]([C@@H](C)O)NC(=O)[C@H](CCN)NC(=O)[C@H](CCN)NC(=O)[C@H](CC(C)C)NC(=O)[C@@H](Cc4ccccc4)NC(=O)CNC3=O)[C@@H](C)O)c2c1. The molecule has 33 nitrogen and oxygen atoms in total. The minimum absolute atomic E-state index is 0.0420. The van der Waals surface area contributed by atoms with Gasteiger partial charge in [-0.05, 0) is 132 Å². The summed E-state index contributed by atoms with van der Waals surface area (Å²) < 4.78 is 1.12. The van der Waals surface area contributed by atoms with Crippen LogP contribution in [0.4, 0.5) is 4.79 Å². The van der Waals surface area contributed by atoms with Gasteiger partial charge in [0.05, 0.1) is 47.8 Å². The number of nitrogens with one attached hydrogen (secondary N) is 11. The Balaban J connectivity index is 1.22. The first-order valence-electron chi connectivity index (χ1n) is 33.8. The standard InChI is InChI=1S/C69H94N18O15S/c1-39(2)35-52-65(98)79-48(22-27-70)62(95)78-50(24-29-72)64(97)84-58(40(3)89)67(100)75-31-25-51(61(94)76-38-57(92)77-53(66(99)82-52)36-42-13-7-6-8-14-42)80-63(96)49(23-28-71)81-68(101)59(41(4)90)83-56(91)26-32-86(33-34-88)69(102)87-54-37-44(103-55-17-10-9-16-46(55)60(93)73-5)19-20-45(54)47(85-87)21-18-43-15-11-12-30-74-43/h6-21,30,37,39-41,48-53,58-59,88-90H,22-29,31-36,38,70-72H2,1-5H3,(H,73,93)(H,75,100)(H,76,94)(H,77,92)(H,78,95)(H,79,98)(H,80,96)(H,81,101)(H,82,99)(H,83,91)(H,84,97)/b21-18+/t40-,41-,48+,49+,50+,51+,52+,53-,58+,59+/m1/s1. The van der Waals surface area contributed by atoms with Crippen LogP contribution in [0.3, 0.4) is 0 Å². The molecule has 3 aromatic carbocycles. The van der Waals surface area contributed by atoms with E-state index in [1.807, 2.05) is 6.07 Å². The Morgan fingerprint density at radius 1 is 0.709 bits per heavy atom. The van der Waals surface area contributed by atoms with Crippen LogP contribution in [0.25, 0.3) is 23.1 Å². The third kappa shape index (κ3) is 24.8. The van der Waals surface area contributed by atoms with Crippen LogP contribution in [-0.2, 0) is 54.4 Å². The molecule has 0 aliphatic carbocycles. The lowest BCUT2D eigenvalue weighted by Gasteiger charge is -2.28. The van der Waals surface area contributed by atoms with Gasteiger partial charge in [0, 0.05) is 60.9 Å². The Kier molecular flexibility index (Phi) is 32.5. The van der Waals surface area contributed by atoms with Crippen molar-refractivity contribution in [3.05, 3.63) is 120 Å². The topological polar surface area (TPSA) is 510 Å². The highest BCUT2D eigenvalue weighted by molar-refractivity contribution is 7.99. The highest BCUT2D eigenvalue weighted by Crippen LogP contribution is 2.34. The first-order chi connectivity index (χ1) is 49.3. The maximum atomic E-state index is 14.6. The van der Waals surface area contributed by atoms with E-state index in [1.165, 1.54) is 32.7 Å². The summed E-state index contributed by atoms with van der Waals surface area (Å²) in [6, 6.07) is 13.1. The molecule has 103 heavy (non-hydrogen) atoms. The zero-order valence-corrected chi connectivity index (χ0v) is 58.8. The van der Waals surface area contributed by atoms with Crippen molar-refractivity contribution in [3.63, 3.8) is 0 Å². The molecule has 10 atom stereocenters. The average Bonchev–Trinajstić information content (AvgIpc) is 1.63. The normalized spacial score (nSPS) is 19.6. The van der Waals surface area contributed by atoms with Crippen molar-refractivity contribution in [2.24, 2.45) is 23.1 Å². The van der Waals surface area contributed by atoms with Crippen LogP contribution in [0, 0.1) is 5.92 Å². The first-order valence-corrected chi connectivity index (χ1v) is 34.6. The summed E-state index contributed by atoms with van der Waals surface area (Å²) in [4.78, 5) is 175. The lowest BCUT2D eigenvalue weighted by Crippen LogP contribution is -2.61. The van der Waals surface area contributed by atoms with Crippen molar-refractivity contribution in [2.45, 2.75) is 143 Å². The molecule has 20 N–H and O–H groups in total. The molecular formula is C69H94N18O15S. The van der Waals surface area contributed by atoms with Gasteiger partial charge in [0.2, 0.25) is 59.1 Å². The van der Waals surface area contributed by atoms with Gasteiger partial charge in [0.25, 0.3) is 5.91 Å². The van der Waals surface area contributed by atoms with Crippen molar-refractivity contribution in [1.29, 1.82) is 0 Å². The van der Waals surface area contributed by atoms with Crippen molar-refractivity contribution >= 4 is 106 Å². The van der Waals surface area contributed by atoms with Crippen molar-refractivity contribution in [1.82, 2.24) is 78.1 Å². The van der Waals surface area contributed by atoms with Gasteiger partial charge in [-0.3, -0.25) is 57.7 Å². The first kappa shape index (κ1) is 81.7. The molecule has 34 heteroatoms. The van der Waals surface area contributed by atoms with E-state index in [0.29, 0.717) is 43.2 Å². The van der Waals surface area contributed by atoms with E-state index in [4.69, 9.17) is 17.2 Å². The monoisotopic (exact) mass is 1450 g/mol. The number of amides is 12. The molecular weight excluding hydrogens is 1350 g/mol. The second-order valence-corrected chi connectivity index (χ2v) is 25.9. The van der Waals surface area contributed by atoms with E-state index in [2.05, 4.69) is 68.6 Å². The largest absolute Gasteiger partial charge is 0.395 e. The number of benzene rings is 3. The van der Waals surface area contributed by atoms with Gasteiger partial charge in [-0.15, -0.1) is 0 Å². The smallest absolute Gasteiger partial charge is 0.345 e. The lowest BCUT2D eigenvalue weighted by molar-refractivity contribution is -0.136. The number of aromatic nitrogens is 3. The predicted molar refractivity (Wildman–Crippen MR) is 381 cm³/mol.